The van der Waals surface area contributed by atoms with Gasteiger partial charge in [-0.25, -0.2) is 10.1 Å². The van der Waals surface area contributed by atoms with Crippen molar-refractivity contribution in [2.24, 2.45) is 0 Å². The Kier molecular flexibility index (Phi) is 4.64. The molecule has 25 heavy (non-hydrogen) atoms. The van der Waals surface area contributed by atoms with Crippen LogP contribution in [0.1, 0.15) is 34.6 Å². The van der Waals surface area contributed by atoms with Crippen molar-refractivity contribution in [2.75, 3.05) is 18.0 Å². The summed E-state index contributed by atoms with van der Waals surface area (Å²) in [5.74, 6) is 0.179. The summed E-state index contributed by atoms with van der Waals surface area (Å²) in [7, 11) is 0. The van der Waals surface area contributed by atoms with Gasteiger partial charge in [-0.05, 0) is 32.8 Å². The van der Waals surface area contributed by atoms with Gasteiger partial charge in [0.1, 0.15) is 5.69 Å². The molecular formula is C16H20N6O3. The molecule has 132 valence electrons. The molecule has 0 aliphatic carbocycles. The van der Waals surface area contributed by atoms with Crippen LogP contribution in [0.3, 0.4) is 0 Å². The van der Waals surface area contributed by atoms with Crippen LogP contribution < -0.4 is 21.3 Å². The van der Waals surface area contributed by atoms with Gasteiger partial charge in [-0.3, -0.25) is 19.4 Å². The van der Waals surface area contributed by atoms with Crippen molar-refractivity contribution >= 4 is 11.9 Å². The minimum atomic E-state index is -0.356. The van der Waals surface area contributed by atoms with E-state index in [4.69, 9.17) is 0 Å². The molecule has 0 radical (unpaired) electrons. The van der Waals surface area contributed by atoms with Crippen LogP contribution in [-0.2, 0) is 0 Å². The SMILES string of the molecule is Cc1nc(N2CCCC(NC(=O)c3ccc(=O)[nH]n3)C2)[nH]c(=O)c1C. The average molecular weight is 344 g/mol. The lowest BCUT2D eigenvalue weighted by Crippen LogP contribution is -2.48. The summed E-state index contributed by atoms with van der Waals surface area (Å²) in [6, 6.07) is 2.55. The van der Waals surface area contributed by atoms with Crippen LogP contribution >= 0.6 is 0 Å². The summed E-state index contributed by atoms with van der Waals surface area (Å²) in [5.41, 5.74) is 0.961. The molecule has 1 unspecified atom stereocenters. The third kappa shape index (κ3) is 3.76. The zero-order valence-corrected chi connectivity index (χ0v) is 14.1. The van der Waals surface area contributed by atoms with E-state index < -0.39 is 0 Å². The van der Waals surface area contributed by atoms with Gasteiger partial charge in [-0.2, -0.15) is 5.10 Å². The van der Waals surface area contributed by atoms with E-state index in [0.717, 1.165) is 19.4 Å². The molecule has 1 atom stereocenters. The van der Waals surface area contributed by atoms with Crippen molar-refractivity contribution in [3.05, 3.63) is 49.8 Å². The van der Waals surface area contributed by atoms with Gasteiger partial charge >= 0.3 is 0 Å². The zero-order chi connectivity index (χ0) is 18.0. The molecular weight excluding hydrogens is 324 g/mol. The number of nitrogens with zero attached hydrogens (tertiary/aromatic N) is 3. The summed E-state index contributed by atoms with van der Waals surface area (Å²) in [6.45, 7) is 4.84. The van der Waals surface area contributed by atoms with Gasteiger partial charge in [0.25, 0.3) is 17.0 Å². The van der Waals surface area contributed by atoms with Crippen LogP contribution in [0.2, 0.25) is 0 Å². The van der Waals surface area contributed by atoms with Crippen molar-refractivity contribution in [1.82, 2.24) is 25.5 Å². The van der Waals surface area contributed by atoms with Gasteiger partial charge < -0.3 is 10.2 Å². The molecule has 9 nitrogen and oxygen atoms in total. The Morgan fingerprint density at radius 3 is 2.80 bits per heavy atom. The number of aromatic nitrogens is 4. The Morgan fingerprint density at radius 1 is 1.32 bits per heavy atom. The second kappa shape index (κ2) is 6.88. The van der Waals surface area contributed by atoms with Gasteiger partial charge in [-0.1, -0.05) is 0 Å². The maximum Gasteiger partial charge on any atom is 0.271 e. The average Bonchev–Trinajstić information content (AvgIpc) is 2.60. The van der Waals surface area contributed by atoms with E-state index in [-0.39, 0.29) is 28.8 Å². The number of aromatic amines is 2. The third-order valence-corrected chi connectivity index (χ3v) is 4.35. The fourth-order valence-corrected chi connectivity index (χ4v) is 2.80. The highest BCUT2D eigenvalue weighted by atomic mass is 16.2. The Labute approximate surface area is 143 Å². The quantitative estimate of drug-likeness (QED) is 0.712. The van der Waals surface area contributed by atoms with Gasteiger partial charge in [-0.15, -0.1) is 0 Å². The van der Waals surface area contributed by atoms with Crippen molar-refractivity contribution in [3.63, 3.8) is 0 Å². The van der Waals surface area contributed by atoms with Crippen LogP contribution in [0, 0.1) is 13.8 Å². The molecule has 1 aliphatic rings. The lowest BCUT2D eigenvalue weighted by atomic mass is 10.1. The van der Waals surface area contributed by atoms with Gasteiger partial charge in [0.2, 0.25) is 5.95 Å². The molecule has 3 N–H and O–H groups in total. The molecule has 1 aliphatic heterocycles. The smallest absolute Gasteiger partial charge is 0.271 e. The monoisotopic (exact) mass is 344 g/mol. The number of carbonyl (C=O) groups is 1. The van der Waals surface area contributed by atoms with Crippen LogP contribution in [0.4, 0.5) is 5.95 Å². The molecule has 3 heterocycles. The first kappa shape index (κ1) is 16.9. The van der Waals surface area contributed by atoms with E-state index in [1.807, 2.05) is 4.90 Å². The molecule has 0 saturated carbocycles. The van der Waals surface area contributed by atoms with Crippen molar-refractivity contribution < 1.29 is 4.79 Å². The number of aryl methyl sites for hydroxylation is 1. The fourth-order valence-electron chi connectivity index (χ4n) is 2.80. The molecule has 2 aromatic rings. The third-order valence-electron chi connectivity index (χ3n) is 4.35. The molecule has 1 saturated heterocycles. The number of nitrogens with one attached hydrogen (secondary N) is 3. The molecule has 0 spiro atoms. The predicted octanol–water partition coefficient (Wildman–Crippen LogP) is -0.131. The summed E-state index contributed by atoms with van der Waals surface area (Å²) >= 11 is 0. The number of amides is 1. The standard InChI is InChI=1S/C16H20N6O3/c1-9-10(2)17-16(19-14(9)24)22-7-3-4-11(8-22)18-15(25)12-5-6-13(23)21-20-12/h5-6,11H,3-4,7-8H2,1-2H3,(H,18,25)(H,21,23)(H,17,19,24). The minimum Gasteiger partial charge on any atom is -0.346 e. The summed E-state index contributed by atoms with van der Waals surface area (Å²) in [4.78, 5) is 44.4. The Hall–Kier alpha value is -2.97. The minimum absolute atomic E-state index is 0.0955. The second-order valence-corrected chi connectivity index (χ2v) is 6.17. The Balaban J connectivity index is 1.71. The number of hydrogen-bond donors (Lipinski definition) is 3. The first-order chi connectivity index (χ1) is 11.9. The normalized spacial score (nSPS) is 17.4. The summed E-state index contributed by atoms with van der Waals surface area (Å²) in [5, 5.41) is 8.88. The van der Waals surface area contributed by atoms with E-state index in [1.165, 1.54) is 12.1 Å². The van der Waals surface area contributed by atoms with Gasteiger partial charge in [0.05, 0.1) is 0 Å². The molecule has 1 amide bonds. The predicted molar refractivity (Wildman–Crippen MR) is 91.9 cm³/mol. The van der Waals surface area contributed by atoms with Gasteiger partial charge in [0.15, 0.2) is 0 Å². The van der Waals surface area contributed by atoms with Crippen molar-refractivity contribution in [1.29, 1.82) is 0 Å². The Bertz CT molecular complexity index is 883. The van der Waals surface area contributed by atoms with Crippen LogP contribution in [0.15, 0.2) is 21.7 Å². The first-order valence-corrected chi connectivity index (χ1v) is 8.13. The highest BCUT2D eigenvalue weighted by molar-refractivity contribution is 5.92. The van der Waals surface area contributed by atoms with Crippen molar-refractivity contribution in [2.45, 2.75) is 32.7 Å². The van der Waals surface area contributed by atoms with E-state index >= 15 is 0 Å². The zero-order valence-electron chi connectivity index (χ0n) is 14.1. The van der Waals surface area contributed by atoms with E-state index in [1.54, 1.807) is 13.8 Å². The number of anilines is 1. The Morgan fingerprint density at radius 2 is 2.12 bits per heavy atom. The van der Waals surface area contributed by atoms with Crippen LogP contribution in [0.5, 0.6) is 0 Å². The van der Waals surface area contributed by atoms with Gasteiger partial charge in [0, 0.05) is 36.5 Å². The molecule has 0 aromatic carbocycles. The highest BCUT2D eigenvalue weighted by Crippen LogP contribution is 2.16. The molecule has 3 rings (SSSR count). The highest BCUT2D eigenvalue weighted by Gasteiger charge is 2.24. The number of piperidine rings is 1. The number of hydrogen-bond acceptors (Lipinski definition) is 6. The maximum absolute atomic E-state index is 12.2. The largest absolute Gasteiger partial charge is 0.346 e. The molecule has 1 fully saturated rings. The number of rotatable bonds is 3. The van der Waals surface area contributed by atoms with Crippen LogP contribution in [-0.4, -0.2) is 45.2 Å². The number of H-pyrrole nitrogens is 2. The fraction of sp³-hybridized carbons (Fsp3) is 0.438. The number of carbonyl (C=O) groups excluding carboxylic acids is 1. The van der Waals surface area contributed by atoms with E-state index in [9.17, 15) is 14.4 Å². The summed E-state index contributed by atoms with van der Waals surface area (Å²) in [6.07, 6.45) is 1.68. The molecule has 9 heteroatoms. The van der Waals surface area contributed by atoms with E-state index in [2.05, 4.69) is 25.5 Å². The molecule has 2 aromatic heterocycles. The second-order valence-electron chi connectivity index (χ2n) is 6.17. The van der Waals surface area contributed by atoms with Crippen LogP contribution in [0.25, 0.3) is 0 Å². The maximum atomic E-state index is 12.2. The lowest BCUT2D eigenvalue weighted by molar-refractivity contribution is 0.0927. The topological polar surface area (TPSA) is 124 Å². The first-order valence-electron chi connectivity index (χ1n) is 8.13. The lowest BCUT2D eigenvalue weighted by Gasteiger charge is -2.33. The van der Waals surface area contributed by atoms with E-state index in [0.29, 0.717) is 23.8 Å². The molecule has 0 bridgehead atoms. The summed E-state index contributed by atoms with van der Waals surface area (Å²) < 4.78 is 0. The van der Waals surface area contributed by atoms with Crippen molar-refractivity contribution in [3.8, 4) is 0 Å².